The van der Waals surface area contributed by atoms with Crippen LogP contribution in [0.5, 0.6) is 0 Å². The number of nitrogens with one attached hydrogen (secondary N) is 1. The molecule has 13 heteroatoms. The van der Waals surface area contributed by atoms with Crippen molar-refractivity contribution >= 4 is 35.7 Å². The van der Waals surface area contributed by atoms with Gasteiger partial charge in [-0.05, 0) is 73.1 Å². The summed E-state index contributed by atoms with van der Waals surface area (Å²) in [7, 11) is 1.24. The van der Waals surface area contributed by atoms with E-state index in [0.29, 0.717) is 12.0 Å². The van der Waals surface area contributed by atoms with E-state index < -0.39 is 77.6 Å². The van der Waals surface area contributed by atoms with Gasteiger partial charge in [-0.1, -0.05) is 50.6 Å². The van der Waals surface area contributed by atoms with Crippen molar-refractivity contribution in [2.75, 3.05) is 13.7 Å². The number of Topliss-reactive ketones (excluding diaryl/α,β-unsaturated/α-hetero) is 1. The van der Waals surface area contributed by atoms with E-state index in [0.717, 1.165) is 37.0 Å². The van der Waals surface area contributed by atoms with Crippen molar-refractivity contribution in [2.24, 2.45) is 5.92 Å². The van der Waals surface area contributed by atoms with Crippen LogP contribution in [0.15, 0.2) is 30.3 Å². The highest BCUT2D eigenvalue weighted by Gasteiger charge is 2.44. The summed E-state index contributed by atoms with van der Waals surface area (Å²) in [6.07, 6.45) is 1.93. The number of carbonyl (C=O) groups is 6. The van der Waals surface area contributed by atoms with E-state index in [4.69, 9.17) is 18.9 Å². The third-order valence-electron chi connectivity index (χ3n) is 8.18. The molecular formula is C36H54N2O11. The van der Waals surface area contributed by atoms with Gasteiger partial charge in [0.15, 0.2) is 18.4 Å². The van der Waals surface area contributed by atoms with Gasteiger partial charge < -0.3 is 34.3 Å². The number of ether oxygens (including phenoxy) is 4. The molecule has 1 aliphatic rings. The van der Waals surface area contributed by atoms with Gasteiger partial charge in [0.25, 0.3) is 0 Å². The van der Waals surface area contributed by atoms with Gasteiger partial charge in [-0.25, -0.2) is 14.4 Å². The predicted molar refractivity (Wildman–Crippen MR) is 179 cm³/mol. The Bertz CT molecular complexity index is 1280. The van der Waals surface area contributed by atoms with Crippen molar-refractivity contribution < 1.29 is 52.8 Å². The lowest BCUT2D eigenvalue weighted by Crippen LogP contribution is -2.60. The number of benzene rings is 1. The smallest absolute Gasteiger partial charge is 0.408 e. The highest BCUT2D eigenvalue weighted by Crippen LogP contribution is 2.24. The van der Waals surface area contributed by atoms with Crippen LogP contribution in [-0.4, -0.2) is 94.8 Å². The number of aliphatic hydroxyl groups is 1. The molecule has 0 aliphatic heterocycles. The van der Waals surface area contributed by atoms with Crippen molar-refractivity contribution in [3.05, 3.63) is 35.9 Å². The maximum atomic E-state index is 13.9. The maximum absolute atomic E-state index is 13.9. The summed E-state index contributed by atoms with van der Waals surface area (Å²) in [6.45, 7) is 10.4. The molecule has 0 radical (unpaired) electrons. The molecule has 1 aromatic carbocycles. The number of rotatable bonds is 16. The van der Waals surface area contributed by atoms with Crippen molar-refractivity contribution in [3.8, 4) is 0 Å². The Morgan fingerprint density at radius 2 is 1.57 bits per heavy atom. The van der Waals surface area contributed by atoms with Crippen LogP contribution in [-0.2, 0) is 38.1 Å². The van der Waals surface area contributed by atoms with Crippen molar-refractivity contribution in [2.45, 2.75) is 135 Å². The molecule has 1 saturated carbocycles. The Hall–Kier alpha value is -4.00. The fraction of sp³-hybridized carbons (Fsp3) is 0.667. The summed E-state index contributed by atoms with van der Waals surface area (Å²) in [5.41, 5.74) is -2.45. The molecule has 49 heavy (non-hydrogen) atoms. The minimum absolute atomic E-state index is 0.182. The van der Waals surface area contributed by atoms with E-state index in [2.05, 4.69) is 5.32 Å². The van der Waals surface area contributed by atoms with Crippen LogP contribution in [0.4, 0.5) is 4.79 Å². The quantitative estimate of drug-likeness (QED) is 0.142. The molecule has 13 nitrogen and oxygen atoms in total. The summed E-state index contributed by atoms with van der Waals surface area (Å²) in [5, 5.41) is 13.6. The predicted octanol–water partition coefficient (Wildman–Crippen LogP) is 4.52. The molecule has 0 spiro atoms. The third-order valence-corrected chi connectivity index (χ3v) is 8.18. The molecule has 2 rings (SSSR count). The number of hydrogen-bond donors (Lipinski definition) is 2. The van der Waals surface area contributed by atoms with Gasteiger partial charge in [-0.15, -0.1) is 0 Å². The van der Waals surface area contributed by atoms with Gasteiger partial charge in [-0.2, -0.15) is 0 Å². The molecule has 1 aliphatic carbocycles. The lowest BCUT2D eigenvalue weighted by atomic mass is 9.95. The lowest BCUT2D eigenvalue weighted by molar-refractivity contribution is -0.181. The summed E-state index contributed by atoms with van der Waals surface area (Å²) < 4.78 is 21.8. The average Bonchev–Trinajstić information content (AvgIpc) is 3.02. The zero-order valence-electron chi connectivity index (χ0n) is 30.1. The Balaban J connectivity index is 2.25. The van der Waals surface area contributed by atoms with E-state index in [9.17, 15) is 33.9 Å². The lowest BCUT2D eigenvalue weighted by Gasteiger charge is -2.37. The molecule has 0 bridgehead atoms. The van der Waals surface area contributed by atoms with E-state index >= 15 is 0 Å². The van der Waals surface area contributed by atoms with Gasteiger partial charge in [0, 0.05) is 24.9 Å². The normalized spacial score (nSPS) is 16.3. The highest BCUT2D eigenvalue weighted by atomic mass is 16.6. The number of ketones is 1. The summed E-state index contributed by atoms with van der Waals surface area (Å²) >= 11 is 0. The topological polar surface area (TPSA) is 175 Å². The molecule has 4 atom stereocenters. The Morgan fingerprint density at radius 1 is 0.959 bits per heavy atom. The summed E-state index contributed by atoms with van der Waals surface area (Å²) in [4.78, 5) is 79.6. The van der Waals surface area contributed by atoms with Gasteiger partial charge in [-0.3, -0.25) is 14.4 Å². The minimum atomic E-state index is -1.90. The first-order valence-electron chi connectivity index (χ1n) is 17.0. The first-order valence-corrected chi connectivity index (χ1v) is 17.0. The molecule has 0 saturated heterocycles. The molecule has 1 aromatic rings. The minimum Gasteiger partial charge on any atom is -0.462 e. The monoisotopic (exact) mass is 690 g/mol. The fourth-order valence-corrected chi connectivity index (χ4v) is 5.42. The number of likely N-dealkylation sites (N-methyl/N-ethyl adjacent to an activating group) is 1. The molecule has 2 amide bonds. The molecule has 0 unspecified atom stereocenters. The van der Waals surface area contributed by atoms with Crippen molar-refractivity contribution in [1.29, 1.82) is 0 Å². The molecule has 274 valence electrons. The van der Waals surface area contributed by atoms with Crippen LogP contribution in [0.2, 0.25) is 0 Å². The fourth-order valence-electron chi connectivity index (χ4n) is 5.42. The number of nitrogens with zero attached hydrogens (tertiary/aromatic N) is 1. The van der Waals surface area contributed by atoms with Crippen molar-refractivity contribution in [3.63, 3.8) is 0 Å². The molecular weight excluding hydrogens is 636 g/mol. The zero-order valence-corrected chi connectivity index (χ0v) is 30.1. The van der Waals surface area contributed by atoms with E-state index in [1.807, 2.05) is 0 Å². The van der Waals surface area contributed by atoms with Crippen LogP contribution in [0.3, 0.4) is 0 Å². The second-order valence-electron chi connectivity index (χ2n) is 14.1. The number of esters is 3. The zero-order chi connectivity index (χ0) is 36.9. The Morgan fingerprint density at radius 3 is 2.12 bits per heavy atom. The van der Waals surface area contributed by atoms with Gasteiger partial charge in [0.2, 0.25) is 12.0 Å². The van der Waals surface area contributed by atoms with Crippen LogP contribution in [0.1, 0.15) is 110 Å². The number of hydrogen-bond acceptors (Lipinski definition) is 11. The molecule has 1 fully saturated rings. The van der Waals surface area contributed by atoms with Gasteiger partial charge in [0.1, 0.15) is 17.7 Å². The Kier molecular flexibility index (Phi) is 15.7. The second-order valence-corrected chi connectivity index (χ2v) is 14.1. The van der Waals surface area contributed by atoms with Gasteiger partial charge in [0.05, 0.1) is 5.60 Å². The number of alkyl carbamates (subject to hydrolysis) is 1. The van der Waals surface area contributed by atoms with E-state index in [1.165, 1.54) is 20.9 Å². The van der Waals surface area contributed by atoms with Crippen molar-refractivity contribution in [1.82, 2.24) is 10.2 Å². The van der Waals surface area contributed by atoms with E-state index in [-0.39, 0.29) is 18.9 Å². The number of amides is 2. The number of carbonyl (C=O) groups excluding carboxylic acids is 6. The Labute approximate surface area is 289 Å². The SMILES string of the molecule is CC[C@@H](C)[C@@H](OC(=O)[C@@H](N(C)C(=O)[C@H](CCC(=O)OC1CCCCC1)NC(=O)OC(C)(C)C)C(C)(C)O)C(=O)OCC(=O)c1ccccc1. The van der Waals surface area contributed by atoms with Gasteiger partial charge >= 0.3 is 24.0 Å². The largest absolute Gasteiger partial charge is 0.462 e. The first kappa shape index (κ1) is 41.2. The molecule has 2 N–H and O–H groups in total. The summed E-state index contributed by atoms with van der Waals surface area (Å²) in [6, 6.07) is 5.22. The van der Waals surface area contributed by atoms with Crippen LogP contribution in [0, 0.1) is 5.92 Å². The van der Waals surface area contributed by atoms with E-state index in [1.54, 1.807) is 65.0 Å². The average molecular weight is 691 g/mol. The standard InChI is InChI=1S/C36H54N2O11/c1-9-23(2)29(32(42)46-22-27(39)24-16-12-10-13-17-24)48-33(43)30(36(6,7)45)38(8)31(41)26(37-34(44)49-35(3,4)5)20-21-28(40)47-25-18-14-11-15-19-25/h10,12-13,16-17,23,25-26,29-30,45H,9,11,14-15,18-22H2,1-8H3,(H,37,44)/t23-,26+,29-,30-/m1/s1. The second kappa shape index (κ2) is 18.7. The maximum Gasteiger partial charge on any atom is 0.408 e. The molecule has 0 heterocycles. The first-order chi connectivity index (χ1) is 22.8. The summed E-state index contributed by atoms with van der Waals surface area (Å²) in [5.74, 6) is -4.43. The highest BCUT2D eigenvalue weighted by molar-refractivity contribution is 5.98. The van der Waals surface area contributed by atoms with Crippen LogP contribution < -0.4 is 5.32 Å². The molecule has 0 aromatic heterocycles. The third kappa shape index (κ3) is 13.8. The van der Waals surface area contributed by atoms with Crippen LogP contribution >= 0.6 is 0 Å². The van der Waals surface area contributed by atoms with Crippen LogP contribution in [0.25, 0.3) is 0 Å².